The van der Waals surface area contributed by atoms with Crippen molar-refractivity contribution in [1.82, 2.24) is 0 Å². The molecule has 0 atom stereocenters. The fourth-order valence-electron chi connectivity index (χ4n) is 0.689. The molecule has 0 amide bonds. The molecule has 33 heavy (non-hydrogen) atoms. The van der Waals surface area contributed by atoms with Gasteiger partial charge in [0.15, 0.2) is 0 Å². The minimum Gasteiger partial charge on any atom is -0.329 e. The lowest BCUT2D eigenvalue weighted by molar-refractivity contribution is -0.891. The molecule has 10 heteroatoms. The number of hydrogen-bond donors (Lipinski definition) is 0. The monoisotopic (exact) mass is 526 g/mol. The summed E-state index contributed by atoms with van der Waals surface area (Å²) in [5.74, 6) is 0.472. The maximum atomic E-state index is 11.2. The van der Waals surface area contributed by atoms with E-state index in [0.29, 0.717) is 0 Å². The third-order valence-corrected chi connectivity index (χ3v) is 8.22. The van der Waals surface area contributed by atoms with E-state index < -0.39 is 23.0 Å². The first kappa shape index (κ1) is 49.7. The summed E-state index contributed by atoms with van der Waals surface area (Å²) >= 11 is 0. The summed E-state index contributed by atoms with van der Waals surface area (Å²) in [5, 5.41) is -0.438. The number of quaternary nitrogens is 1. The second kappa shape index (κ2) is 23.4. The van der Waals surface area contributed by atoms with Crippen LogP contribution in [0.15, 0.2) is 0 Å². The number of Topliss-reactive ketones (excluding diaryl/α,β-unsaturated/α-hetero) is 1. The van der Waals surface area contributed by atoms with Crippen molar-refractivity contribution in [3.8, 4) is 0 Å². The highest BCUT2D eigenvalue weighted by atomic mass is 32.2. The zero-order valence-electron chi connectivity index (χ0n) is 22.0. The lowest BCUT2D eigenvalue weighted by Crippen LogP contribution is -2.41. The Morgan fingerprint density at radius 1 is 0.788 bits per heavy atom. The van der Waals surface area contributed by atoms with E-state index in [1.807, 2.05) is 13.8 Å². The van der Waals surface area contributed by atoms with Crippen LogP contribution in [0.5, 0.6) is 0 Å². The first-order chi connectivity index (χ1) is 13.2. The molecule has 0 bridgehead atoms. The Morgan fingerprint density at radius 3 is 1.03 bits per heavy atom. The summed E-state index contributed by atoms with van der Waals surface area (Å²) in [6.45, 7) is 16.6. The molecule has 0 aliphatic carbocycles. The van der Waals surface area contributed by atoms with Crippen molar-refractivity contribution in [1.29, 1.82) is 0 Å². The normalized spacial score (nSPS) is 10.9. The van der Waals surface area contributed by atoms with E-state index in [4.69, 9.17) is 0 Å². The minimum atomic E-state index is -3.24. The van der Waals surface area contributed by atoms with Crippen molar-refractivity contribution in [2.45, 2.75) is 102 Å². The van der Waals surface area contributed by atoms with E-state index in [1.165, 1.54) is 14.2 Å². The molecule has 0 aromatic heterocycles. The van der Waals surface area contributed by atoms with Gasteiger partial charge in [-0.15, -0.1) is 0 Å². The fraction of sp³-hybridized carbons (Fsp3) is 0.957. The zero-order chi connectivity index (χ0) is 25.5. The van der Waals surface area contributed by atoms with Crippen molar-refractivity contribution in [3.63, 3.8) is 0 Å². The van der Waals surface area contributed by atoms with Crippen molar-refractivity contribution >= 4 is 23.5 Å². The van der Waals surface area contributed by atoms with Gasteiger partial charge in [0, 0.05) is 20.1 Å². The standard InChI is InChI=1S/C6H16N.C5H13O3P.C5H10O.C4H10O3S.3CH4/c1-6(2)7(3,4)5;1-5(2)9(6,7-3)8-4;1-4(2)5(3)6;1-4(2)8(5,6)7-3;;;/h6H,1-5H3;5H,1-4H3;4H,1-3H3;4H,1-3H3;3*1H4/q+1;;;;;;. The van der Waals surface area contributed by atoms with Gasteiger partial charge in [-0.05, 0) is 34.6 Å². The van der Waals surface area contributed by atoms with E-state index in [-0.39, 0.29) is 39.6 Å². The largest absolute Gasteiger partial charge is 0.332 e. The van der Waals surface area contributed by atoms with Crippen LogP contribution >= 0.6 is 7.60 Å². The molecule has 0 N–H and O–H groups in total. The zero-order valence-corrected chi connectivity index (χ0v) is 23.7. The van der Waals surface area contributed by atoms with Gasteiger partial charge in [0.05, 0.1) is 45.2 Å². The highest BCUT2D eigenvalue weighted by molar-refractivity contribution is 7.87. The molecule has 0 unspecified atom stereocenters. The second-order valence-corrected chi connectivity index (χ2v) is 13.8. The van der Waals surface area contributed by atoms with Gasteiger partial charge < -0.3 is 13.5 Å². The second-order valence-electron chi connectivity index (χ2n) is 8.68. The predicted molar refractivity (Wildman–Crippen MR) is 147 cm³/mol. The molecule has 0 aromatic rings. The maximum Gasteiger partial charge on any atom is 0.332 e. The van der Waals surface area contributed by atoms with Crippen LogP contribution in [-0.4, -0.2) is 78.1 Å². The Kier molecular flexibility index (Phi) is 35.3. The summed E-state index contributed by atoms with van der Waals surface area (Å²) < 4.78 is 46.8. The molecule has 0 radical (unpaired) electrons. The Labute approximate surface area is 209 Å². The number of nitrogens with zero attached hydrogens (tertiary/aromatic N) is 1. The topological polar surface area (TPSA) is 96.0 Å². The van der Waals surface area contributed by atoms with Crippen LogP contribution in [0.25, 0.3) is 0 Å². The molecule has 0 heterocycles. The van der Waals surface area contributed by atoms with Crippen LogP contribution in [0.4, 0.5) is 0 Å². The maximum absolute atomic E-state index is 11.2. The highest BCUT2D eigenvalue weighted by Gasteiger charge is 2.25. The van der Waals surface area contributed by atoms with Crippen LogP contribution in [0.2, 0.25) is 0 Å². The average molecular weight is 527 g/mol. The van der Waals surface area contributed by atoms with Gasteiger partial charge in [-0.3, -0.25) is 13.5 Å². The molecule has 0 aromatic carbocycles. The van der Waals surface area contributed by atoms with Crippen molar-refractivity contribution < 1.29 is 35.5 Å². The molecular weight excluding hydrogens is 465 g/mol. The van der Waals surface area contributed by atoms with E-state index >= 15 is 0 Å². The number of rotatable bonds is 7. The first-order valence-electron chi connectivity index (χ1n) is 9.98. The van der Waals surface area contributed by atoms with Gasteiger partial charge in [-0.2, -0.15) is 8.42 Å². The van der Waals surface area contributed by atoms with Gasteiger partial charge in [-0.25, -0.2) is 0 Å². The minimum absolute atomic E-state index is 0. The average Bonchev–Trinajstić information content (AvgIpc) is 2.61. The van der Waals surface area contributed by atoms with Gasteiger partial charge >= 0.3 is 7.60 Å². The molecule has 0 spiro atoms. The van der Waals surface area contributed by atoms with Crippen molar-refractivity contribution in [3.05, 3.63) is 0 Å². The van der Waals surface area contributed by atoms with E-state index in [1.54, 1.807) is 34.6 Å². The van der Waals surface area contributed by atoms with E-state index in [9.17, 15) is 17.8 Å². The van der Waals surface area contributed by atoms with Gasteiger partial charge in [0.2, 0.25) is 0 Å². The third-order valence-electron chi connectivity index (χ3n) is 4.31. The van der Waals surface area contributed by atoms with E-state index in [2.05, 4.69) is 48.2 Å². The molecule has 0 aliphatic rings. The van der Waals surface area contributed by atoms with Crippen LogP contribution < -0.4 is 0 Å². The van der Waals surface area contributed by atoms with Gasteiger partial charge in [0.25, 0.3) is 10.1 Å². The fourth-order valence-corrected chi connectivity index (χ4v) is 2.07. The van der Waals surface area contributed by atoms with Crippen LogP contribution in [0, 0.1) is 5.92 Å². The van der Waals surface area contributed by atoms with Gasteiger partial charge in [-0.1, -0.05) is 50.0 Å². The molecule has 0 fully saturated rings. The smallest absolute Gasteiger partial charge is 0.329 e. The number of carbonyl (C=O) groups is 1. The highest BCUT2D eigenvalue weighted by Crippen LogP contribution is 2.50. The number of carbonyl (C=O) groups excluding carboxylic acids is 1. The lowest BCUT2D eigenvalue weighted by atomic mass is 10.1. The lowest BCUT2D eigenvalue weighted by Gasteiger charge is -2.28. The molecule has 0 saturated heterocycles. The van der Waals surface area contributed by atoms with E-state index in [0.717, 1.165) is 17.6 Å². The van der Waals surface area contributed by atoms with Crippen LogP contribution in [-0.2, 0) is 32.7 Å². The Balaban J connectivity index is -0.0000000535. The molecular formula is C23H61NO7PS+. The third kappa shape index (κ3) is 29.7. The SMILES string of the molecule is C.C.C.CC(=O)C(C)C.CC(C)[N+](C)(C)C.COP(=O)(OC)C(C)C.COS(=O)(=O)C(C)C. The molecule has 210 valence electrons. The summed E-state index contributed by atoms with van der Waals surface area (Å²) in [6.07, 6.45) is 0. The van der Waals surface area contributed by atoms with Crippen molar-refractivity contribution in [2.75, 3.05) is 42.5 Å². The van der Waals surface area contributed by atoms with Crippen LogP contribution in [0.1, 0.15) is 84.6 Å². The molecule has 8 nitrogen and oxygen atoms in total. The quantitative estimate of drug-likeness (QED) is 0.212. The summed E-state index contributed by atoms with van der Waals surface area (Å²) in [6, 6.07) is 0.736. The Hall–Kier alpha value is -0.310. The van der Waals surface area contributed by atoms with Crippen molar-refractivity contribution in [2.24, 2.45) is 5.92 Å². The summed E-state index contributed by atoms with van der Waals surface area (Å²) in [5.41, 5.74) is -0.0625. The molecule has 0 aliphatic heterocycles. The number of hydrogen-bond acceptors (Lipinski definition) is 7. The Morgan fingerprint density at radius 2 is 1.03 bits per heavy atom. The van der Waals surface area contributed by atoms with Crippen LogP contribution in [0.3, 0.4) is 0 Å². The predicted octanol–water partition coefficient (Wildman–Crippen LogP) is 6.49. The number of ketones is 1. The van der Waals surface area contributed by atoms with Gasteiger partial charge in [0.1, 0.15) is 5.78 Å². The summed E-state index contributed by atoms with van der Waals surface area (Å²) in [7, 11) is 4.56. The Bertz CT molecular complexity index is 574. The molecule has 0 rings (SSSR count). The molecule has 0 saturated carbocycles. The first-order valence-corrected chi connectivity index (χ1v) is 13.1. The summed E-state index contributed by atoms with van der Waals surface area (Å²) in [4.78, 5) is 10.1.